The zero-order valence-corrected chi connectivity index (χ0v) is 15.8. The summed E-state index contributed by atoms with van der Waals surface area (Å²) in [6, 6.07) is 7.44. The van der Waals surface area contributed by atoms with Gasteiger partial charge in [-0.3, -0.25) is 4.79 Å². The summed E-state index contributed by atoms with van der Waals surface area (Å²) in [6.45, 7) is 5.96. The van der Waals surface area contributed by atoms with Gasteiger partial charge in [-0.1, -0.05) is 6.07 Å². The molecule has 0 radical (unpaired) electrons. The van der Waals surface area contributed by atoms with Crippen molar-refractivity contribution in [3.63, 3.8) is 0 Å². The average molecular weight is 370 g/mol. The van der Waals surface area contributed by atoms with E-state index in [1.54, 1.807) is 11.6 Å². The minimum Gasteiger partial charge on any atom is -0.462 e. The SMILES string of the molecule is CCOC(=O)c1cnn(-c2cccc(NC(=O)CCC3CCNC3)c2)c1C. The minimum atomic E-state index is -0.382. The number of carbonyl (C=O) groups excluding carboxylic acids is 2. The third-order valence-electron chi connectivity index (χ3n) is 4.82. The van der Waals surface area contributed by atoms with Gasteiger partial charge >= 0.3 is 5.97 Å². The van der Waals surface area contributed by atoms with Crippen molar-refractivity contribution in [2.45, 2.75) is 33.1 Å². The number of amides is 1. The topological polar surface area (TPSA) is 85.2 Å². The highest BCUT2D eigenvalue weighted by molar-refractivity contribution is 5.91. The molecule has 1 aromatic carbocycles. The number of benzene rings is 1. The number of nitrogens with zero attached hydrogens (tertiary/aromatic N) is 2. The molecule has 1 aliphatic heterocycles. The Morgan fingerprint density at radius 1 is 1.41 bits per heavy atom. The molecule has 1 amide bonds. The van der Waals surface area contributed by atoms with Crippen LogP contribution in [-0.4, -0.2) is 41.4 Å². The van der Waals surface area contributed by atoms with Gasteiger partial charge in [-0.15, -0.1) is 0 Å². The van der Waals surface area contributed by atoms with E-state index in [0.29, 0.717) is 30.2 Å². The molecule has 1 atom stereocenters. The molecule has 1 aliphatic rings. The molecule has 1 aromatic heterocycles. The Morgan fingerprint density at radius 3 is 3.00 bits per heavy atom. The molecule has 1 saturated heterocycles. The van der Waals surface area contributed by atoms with Gasteiger partial charge in [0.15, 0.2) is 0 Å². The Labute approximate surface area is 159 Å². The Balaban J connectivity index is 1.66. The molecule has 2 aromatic rings. The molecule has 0 spiro atoms. The summed E-state index contributed by atoms with van der Waals surface area (Å²) in [6.07, 6.45) is 4.07. The van der Waals surface area contributed by atoms with Crippen molar-refractivity contribution in [2.75, 3.05) is 25.0 Å². The smallest absolute Gasteiger partial charge is 0.341 e. The van der Waals surface area contributed by atoms with Crippen LogP contribution in [-0.2, 0) is 9.53 Å². The average Bonchev–Trinajstić information content (AvgIpc) is 3.30. The van der Waals surface area contributed by atoms with Gasteiger partial charge in [0, 0.05) is 12.1 Å². The van der Waals surface area contributed by atoms with Gasteiger partial charge in [-0.2, -0.15) is 5.10 Å². The number of hydrogen-bond acceptors (Lipinski definition) is 5. The fourth-order valence-electron chi connectivity index (χ4n) is 3.31. The van der Waals surface area contributed by atoms with Crippen LogP contribution in [0.3, 0.4) is 0 Å². The molecule has 1 unspecified atom stereocenters. The molecule has 3 rings (SSSR count). The first kappa shape index (κ1) is 19.1. The molecule has 7 heteroatoms. The summed E-state index contributed by atoms with van der Waals surface area (Å²) in [5.41, 5.74) is 2.64. The Kier molecular flexibility index (Phi) is 6.24. The molecule has 27 heavy (non-hydrogen) atoms. The van der Waals surface area contributed by atoms with E-state index in [1.165, 1.54) is 6.20 Å². The fraction of sp³-hybridized carbons (Fsp3) is 0.450. The second-order valence-corrected chi connectivity index (χ2v) is 6.77. The second-order valence-electron chi connectivity index (χ2n) is 6.77. The zero-order chi connectivity index (χ0) is 19.2. The van der Waals surface area contributed by atoms with Crippen molar-refractivity contribution in [3.8, 4) is 5.69 Å². The van der Waals surface area contributed by atoms with Crippen LogP contribution in [0.25, 0.3) is 5.69 Å². The summed E-state index contributed by atoms with van der Waals surface area (Å²) in [5, 5.41) is 10.6. The van der Waals surface area contributed by atoms with Gasteiger partial charge in [0.25, 0.3) is 0 Å². The molecular weight excluding hydrogens is 344 g/mol. The third-order valence-corrected chi connectivity index (χ3v) is 4.82. The number of rotatable bonds is 7. The molecular formula is C20H26N4O3. The van der Waals surface area contributed by atoms with Crippen LogP contribution >= 0.6 is 0 Å². The summed E-state index contributed by atoms with van der Waals surface area (Å²) < 4.78 is 6.72. The lowest BCUT2D eigenvalue weighted by molar-refractivity contribution is -0.116. The highest BCUT2D eigenvalue weighted by Gasteiger charge is 2.17. The van der Waals surface area contributed by atoms with Crippen LogP contribution in [0.4, 0.5) is 5.69 Å². The second kappa shape index (κ2) is 8.81. The largest absolute Gasteiger partial charge is 0.462 e. The zero-order valence-electron chi connectivity index (χ0n) is 15.8. The van der Waals surface area contributed by atoms with Gasteiger partial charge in [-0.25, -0.2) is 9.48 Å². The number of ether oxygens (including phenoxy) is 1. The highest BCUT2D eigenvalue weighted by Crippen LogP contribution is 2.20. The van der Waals surface area contributed by atoms with Gasteiger partial charge in [0.1, 0.15) is 5.56 Å². The Bertz CT molecular complexity index is 809. The predicted molar refractivity (Wildman–Crippen MR) is 103 cm³/mol. The first-order valence-corrected chi connectivity index (χ1v) is 9.41. The maximum atomic E-state index is 12.2. The summed E-state index contributed by atoms with van der Waals surface area (Å²) >= 11 is 0. The van der Waals surface area contributed by atoms with E-state index < -0.39 is 0 Å². The third kappa shape index (κ3) is 4.74. The van der Waals surface area contributed by atoms with Crippen molar-refractivity contribution < 1.29 is 14.3 Å². The van der Waals surface area contributed by atoms with E-state index in [2.05, 4.69) is 15.7 Å². The quantitative estimate of drug-likeness (QED) is 0.732. The van der Waals surface area contributed by atoms with Crippen molar-refractivity contribution in [1.82, 2.24) is 15.1 Å². The molecule has 2 N–H and O–H groups in total. The molecule has 144 valence electrons. The standard InChI is InChI=1S/C20H26N4O3/c1-3-27-20(26)18-13-22-24(14(18)2)17-6-4-5-16(11-17)23-19(25)8-7-15-9-10-21-12-15/h4-6,11,13,15,21H,3,7-10,12H2,1-2H3,(H,23,25). The van der Waals surface area contributed by atoms with Crippen molar-refractivity contribution >= 4 is 17.6 Å². The van der Waals surface area contributed by atoms with E-state index in [0.717, 1.165) is 37.3 Å². The van der Waals surface area contributed by atoms with Gasteiger partial charge in [0.2, 0.25) is 5.91 Å². The van der Waals surface area contributed by atoms with Gasteiger partial charge in [-0.05, 0) is 63.9 Å². The van der Waals surface area contributed by atoms with E-state index >= 15 is 0 Å². The van der Waals surface area contributed by atoms with Crippen LogP contribution < -0.4 is 10.6 Å². The number of carbonyl (C=O) groups is 2. The molecule has 0 bridgehead atoms. The highest BCUT2D eigenvalue weighted by atomic mass is 16.5. The lowest BCUT2D eigenvalue weighted by atomic mass is 10.0. The van der Waals surface area contributed by atoms with E-state index in [9.17, 15) is 9.59 Å². The summed E-state index contributed by atoms with van der Waals surface area (Å²) in [5.74, 6) is 0.227. The van der Waals surface area contributed by atoms with E-state index in [4.69, 9.17) is 4.74 Å². The minimum absolute atomic E-state index is 0.0171. The van der Waals surface area contributed by atoms with Crippen LogP contribution in [0.5, 0.6) is 0 Å². The summed E-state index contributed by atoms with van der Waals surface area (Å²) in [4.78, 5) is 24.2. The van der Waals surface area contributed by atoms with Gasteiger partial charge in [0.05, 0.1) is 24.2 Å². The first-order valence-electron chi connectivity index (χ1n) is 9.41. The Hall–Kier alpha value is -2.67. The molecule has 0 saturated carbocycles. The number of hydrogen-bond donors (Lipinski definition) is 2. The van der Waals surface area contributed by atoms with Crippen molar-refractivity contribution in [3.05, 3.63) is 41.7 Å². The Morgan fingerprint density at radius 2 is 2.26 bits per heavy atom. The number of aromatic nitrogens is 2. The normalized spacial score (nSPS) is 16.3. The van der Waals surface area contributed by atoms with E-state index in [1.807, 2.05) is 31.2 Å². The molecule has 2 heterocycles. The maximum Gasteiger partial charge on any atom is 0.341 e. The first-order chi connectivity index (χ1) is 13.1. The van der Waals surface area contributed by atoms with Crippen molar-refractivity contribution in [2.24, 2.45) is 5.92 Å². The van der Waals surface area contributed by atoms with Crippen LogP contribution in [0, 0.1) is 12.8 Å². The van der Waals surface area contributed by atoms with E-state index in [-0.39, 0.29) is 11.9 Å². The maximum absolute atomic E-state index is 12.2. The predicted octanol–water partition coefficient (Wildman–Crippen LogP) is 2.69. The lowest BCUT2D eigenvalue weighted by Crippen LogP contribution is -2.15. The van der Waals surface area contributed by atoms with Crippen LogP contribution in [0.2, 0.25) is 0 Å². The number of anilines is 1. The van der Waals surface area contributed by atoms with Gasteiger partial charge < -0.3 is 15.4 Å². The number of esters is 1. The molecule has 7 nitrogen and oxygen atoms in total. The summed E-state index contributed by atoms with van der Waals surface area (Å²) in [7, 11) is 0. The van der Waals surface area contributed by atoms with Crippen molar-refractivity contribution in [1.29, 1.82) is 0 Å². The lowest BCUT2D eigenvalue weighted by Gasteiger charge is -2.11. The fourth-order valence-corrected chi connectivity index (χ4v) is 3.31. The molecule has 1 fully saturated rings. The van der Waals surface area contributed by atoms with Crippen LogP contribution in [0.15, 0.2) is 30.5 Å². The monoisotopic (exact) mass is 370 g/mol. The van der Waals surface area contributed by atoms with Crippen LogP contribution in [0.1, 0.15) is 42.2 Å². The molecule has 0 aliphatic carbocycles. The number of nitrogens with one attached hydrogen (secondary N) is 2.